The zero-order valence-corrected chi connectivity index (χ0v) is 13.1. The van der Waals surface area contributed by atoms with Crippen LogP contribution in [0.4, 0.5) is 0 Å². The monoisotopic (exact) mass is 349 g/mol. The first-order chi connectivity index (χ1) is 8.35. The van der Waals surface area contributed by atoms with Crippen LogP contribution in [-0.2, 0) is 14.4 Å². The highest BCUT2D eigenvalue weighted by atomic mass is 79.9. The largest absolute Gasteiger partial charge is 0.325 e. The van der Waals surface area contributed by atoms with Crippen LogP contribution in [0.25, 0.3) is 0 Å². The molecule has 7 heteroatoms. The van der Waals surface area contributed by atoms with Gasteiger partial charge < -0.3 is 0 Å². The summed E-state index contributed by atoms with van der Waals surface area (Å²) in [5.41, 5.74) is 1.60. The molecular weight excluding hydrogens is 338 g/mol. The molecule has 18 heavy (non-hydrogen) atoms. The summed E-state index contributed by atoms with van der Waals surface area (Å²) >= 11 is 5.15. The summed E-state index contributed by atoms with van der Waals surface area (Å²) in [4.78, 5) is 1.09. The first-order valence-electron chi connectivity index (χ1n) is 5.27. The summed E-state index contributed by atoms with van der Waals surface area (Å²) in [6, 6.07) is 5.88. The Balaban J connectivity index is 2.41. The standard InChI is InChI=1S/C11H12BrNO3S2/c1-7-5-10(13-16-18(2,14)15)9-6-8(12)3-4-11(9)17-7/h3-4,6-7H,5H2,1-2H3/b13-10+. The summed E-state index contributed by atoms with van der Waals surface area (Å²) in [5.74, 6) is 0. The second kappa shape index (κ2) is 5.22. The normalized spacial score (nSPS) is 21.7. The fourth-order valence-electron chi connectivity index (χ4n) is 1.67. The summed E-state index contributed by atoms with van der Waals surface area (Å²) in [5, 5.41) is 4.13. The number of benzene rings is 1. The van der Waals surface area contributed by atoms with E-state index in [1.807, 2.05) is 18.2 Å². The van der Waals surface area contributed by atoms with Gasteiger partial charge in [0.05, 0.1) is 12.0 Å². The van der Waals surface area contributed by atoms with Crippen molar-refractivity contribution in [1.82, 2.24) is 0 Å². The highest BCUT2D eigenvalue weighted by Crippen LogP contribution is 2.36. The van der Waals surface area contributed by atoms with Crippen LogP contribution >= 0.6 is 27.7 Å². The molecule has 1 aromatic rings. The molecule has 1 heterocycles. The average Bonchev–Trinajstić information content (AvgIpc) is 2.25. The molecule has 4 nitrogen and oxygen atoms in total. The number of rotatable bonds is 2. The Morgan fingerprint density at radius 3 is 2.89 bits per heavy atom. The van der Waals surface area contributed by atoms with E-state index in [1.165, 1.54) is 0 Å². The molecule has 1 aliphatic rings. The van der Waals surface area contributed by atoms with Gasteiger partial charge in [0.2, 0.25) is 0 Å². The molecule has 0 saturated heterocycles. The number of oxime groups is 1. The lowest BCUT2D eigenvalue weighted by atomic mass is 10.1. The average molecular weight is 350 g/mol. The zero-order valence-electron chi connectivity index (χ0n) is 9.88. The van der Waals surface area contributed by atoms with Crippen LogP contribution in [0.2, 0.25) is 0 Å². The van der Waals surface area contributed by atoms with Crippen LogP contribution in [0.3, 0.4) is 0 Å². The van der Waals surface area contributed by atoms with Gasteiger partial charge in [0.25, 0.3) is 0 Å². The molecule has 98 valence electrons. The van der Waals surface area contributed by atoms with Crippen LogP contribution in [0.5, 0.6) is 0 Å². The van der Waals surface area contributed by atoms with Gasteiger partial charge in [-0.3, -0.25) is 4.28 Å². The fourth-order valence-corrected chi connectivity index (χ4v) is 3.38. The lowest BCUT2D eigenvalue weighted by Crippen LogP contribution is -2.16. The van der Waals surface area contributed by atoms with Crippen molar-refractivity contribution in [1.29, 1.82) is 0 Å². The molecule has 1 aromatic carbocycles. The third kappa shape index (κ3) is 3.49. The highest BCUT2D eigenvalue weighted by Gasteiger charge is 2.22. The molecule has 2 rings (SSSR count). The molecule has 0 N–H and O–H groups in total. The van der Waals surface area contributed by atoms with Crippen LogP contribution in [0.1, 0.15) is 18.9 Å². The summed E-state index contributed by atoms with van der Waals surface area (Å²) in [6.45, 7) is 2.08. The van der Waals surface area contributed by atoms with Crippen molar-refractivity contribution >= 4 is 43.5 Å². The van der Waals surface area contributed by atoms with E-state index in [9.17, 15) is 8.42 Å². The number of halogens is 1. The Morgan fingerprint density at radius 2 is 2.22 bits per heavy atom. The number of thioether (sulfide) groups is 1. The third-order valence-corrected chi connectivity index (χ3v) is 4.36. The second-order valence-electron chi connectivity index (χ2n) is 4.09. The maximum atomic E-state index is 11.0. The van der Waals surface area contributed by atoms with Crippen molar-refractivity contribution in [2.24, 2.45) is 5.16 Å². The fraction of sp³-hybridized carbons (Fsp3) is 0.364. The van der Waals surface area contributed by atoms with Gasteiger partial charge in [0.15, 0.2) is 0 Å². The van der Waals surface area contributed by atoms with Gasteiger partial charge >= 0.3 is 10.1 Å². The van der Waals surface area contributed by atoms with E-state index in [2.05, 4.69) is 32.3 Å². The molecule has 0 aliphatic carbocycles. The van der Waals surface area contributed by atoms with Crippen LogP contribution in [0.15, 0.2) is 32.7 Å². The van der Waals surface area contributed by atoms with Gasteiger partial charge in [-0.1, -0.05) is 28.0 Å². The van der Waals surface area contributed by atoms with Gasteiger partial charge in [-0.05, 0) is 18.2 Å². The first kappa shape index (κ1) is 13.9. The number of fused-ring (bicyclic) bond motifs is 1. The first-order valence-corrected chi connectivity index (χ1v) is 8.76. The van der Waals surface area contributed by atoms with Crippen molar-refractivity contribution in [3.05, 3.63) is 28.2 Å². The van der Waals surface area contributed by atoms with E-state index in [-0.39, 0.29) is 0 Å². The lowest BCUT2D eigenvalue weighted by Gasteiger charge is -2.22. The molecule has 1 unspecified atom stereocenters. The molecule has 0 bridgehead atoms. The van der Waals surface area contributed by atoms with Gasteiger partial charge in [-0.2, -0.15) is 8.42 Å². The molecule has 0 spiro atoms. The van der Waals surface area contributed by atoms with E-state index >= 15 is 0 Å². The van der Waals surface area contributed by atoms with E-state index in [1.54, 1.807) is 11.8 Å². The number of hydrogen-bond acceptors (Lipinski definition) is 5. The second-order valence-corrected chi connectivity index (χ2v) is 8.04. The third-order valence-electron chi connectivity index (χ3n) is 2.34. The Morgan fingerprint density at radius 1 is 1.50 bits per heavy atom. The van der Waals surface area contributed by atoms with E-state index in [0.717, 1.165) is 21.2 Å². The maximum Gasteiger partial charge on any atom is 0.325 e. The minimum Gasteiger partial charge on any atom is -0.268 e. The summed E-state index contributed by atoms with van der Waals surface area (Å²) < 4.78 is 27.5. The quantitative estimate of drug-likeness (QED) is 0.770. The summed E-state index contributed by atoms with van der Waals surface area (Å²) in [7, 11) is -3.56. The van der Waals surface area contributed by atoms with Crippen LogP contribution in [0, 0.1) is 0 Å². The van der Waals surface area contributed by atoms with Crippen LogP contribution in [-0.4, -0.2) is 25.6 Å². The molecule has 1 aliphatic heterocycles. The predicted octanol–water partition coefficient (Wildman–Crippen LogP) is 3.01. The van der Waals surface area contributed by atoms with Crippen molar-refractivity contribution < 1.29 is 12.7 Å². The Bertz CT molecular complexity index is 598. The maximum absolute atomic E-state index is 11.0. The highest BCUT2D eigenvalue weighted by molar-refractivity contribution is 9.10. The molecule has 0 amide bonds. The SMILES string of the molecule is CC1C/C(=N\OS(C)(=O)=O)c2cc(Br)ccc2S1. The van der Waals surface area contributed by atoms with Gasteiger partial charge in [-0.25, -0.2) is 0 Å². The van der Waals surface area contributed by atoms with Gasteiger partial charge in [0, 0.05) is 26.6 Å². The van der Waals surface area contributed by atoms with Crippen molar-refractivity contribution in [2.75, 3.05) is 6.26 Å². The van der Waals surface area contributed by atoms with Gasteiger partial charge in [0.1, 0.15) is 0 Å². The lowest BCUT2D eigenvalue weighted by molar-refractivity contribution is 0.342. The van der Waals surface area contributed by atoms with Gasteiger partial charge in [-0.15, -0.1) is 11.8 Å². The summed E-state index contributed by atoms with van der Waals surface area (Å²) in [6.07, 6.45) is 1.67. The molecular formula is C11H12BrNO3S2. The topological polar surface area (TPSA) is 55.7 Å². The molecule has 0 saturated carbocycles. The van der Waals surface area contributed by atoms with E-state index in [4.69, 9.17) is 0 Å². The molecule has 1 atom stereocenters. The molecule has 0 radical (unpaired) electrons. The smallest absolute Gasteiger partial charge is 0.268 e. The van der Waals surface area contributed by atoms with Crippen LogP contribution < -0.4 is 0 Å². The zero-order chi connectivity index (χ0) is 13.3. The van der Waals surface area contributed by atoms with Crippen molar-refractivity contribution in [2.45, 2.75) is 23.5 Å². The molecule has 0 aromatic heterocycles. The molecule has 0 fully saturated rings. The van der Waals surface area contributed by atoms with Crippen molar-refractivity contribution in [3.8, 4) is 0 Å². The predicted molar refractivity (Wildman–Crippen MR) is 76.5 cm³/mol. The number of hydrogen-bond donors (Lipinski definition) is 0. The van der Waals surface area contributed by atoms with E-state index in [0.29, 0.717) is 17.4 Å². The Kier molecular flexibility index (Phi) is 4.03. The Hall–Kier alpha value is -0.530. The van der Waals surface area contributed by atoms with Crippen molar-refractivity contribution in [3.63, 3.8) is 0 Å². The number of nitrogens with zero attached hydrogens (tertiary/aromatic N) is 1. The minimum atomic E-state index is -3.56. The van der Waals surface area contributed by atoms with E-state index < -0.39 is 10.1 Å². The minimum absolute atomic E-state index is 0.348. The Labute approximate surface area is 119 Å².